The standard InChI is InChI=1S/C20H24N2O3/c1-5-16-8-6-7-14(2)20(16)22(15(3)23)13-19(24)21-17-9-11-18(25-4)12-10-17/h6-12H,5,13H2,1-4H3,(H,21,24). The maximum absolute atomic E-state index is 12.4. The normalized spacial score (nSPS) is 10.2. The number of hydrogen-bond donors (Lipinski definition) is 1. The lowest BCUT2D eigenvalue weighted by atomic mass is 10.0. The van der Waals surface area contributed by atoms with Crippen molar-refractivity contribution in [3.8, 4) is 5.75 Å². The molecule has 0 radical (unpaired) electrons. The average molecular weight is 340 g/mol. The number of carbonyl (C=O) groups excluding carboxylic acids is 2. The van der Waals surface area contributed by atoms with Crippen LogP contribution < -0.4 is 15.0 Å². The number of benzene rings is 2. The highest BCUT2D eigenvalue weighted by Gasteiger charge is 2.20. The van der Waals surface area contributed by atoms with Crippen LogP contribution in [0.1, 0.15) is 25.0 Å². The molecule has 0 heterocycles. The van der Waals surface area contributed by atoms with Gasteiger partial charge in [-0.2, -0.15) is 0 Å². The van der Waals surface area contributed by atoms with Gasteiger partial charge >= 0.3 is 0 Å². The SMILES string of the molecule is CCc1cccc(C)c1N(CC(=O)Nc1ccc(OC)cc1)C(C)=O. The van der Waals surface area contributed by atoms with Gasteiger partial charge in [-0.15, -0.1) is 0 Å². The Morgan fingerprint density at radius 2 is 1.80 bits per heavy atom. The van der Waals surface area contributed by atoms with Crippen molar-refractivity contribution in [3.63, 3.8) is 0 Å². The molecule has 0 aromatic heterocycles. The van der Waals surface area contributed by atoms with Gasteiger partial charge in [-0.3, -0.25) is 9.59 Å². The summed E-state index contributed by atoms with van der Waals surface area (Å²) in [5, 5.41) is 2.82. The van der Waals surface area contributed by atoms with Crippen molar-refractivity contribution in [3.05, 3.63) is 53.6 Å². The third-order valence-corrected chi connectivity index (χ3v) is 4.03. The van der Waals surface area contributed by atoms with E-state index in [9.17, 15) is 9.59 Å². The molecule has 0 saturated carbocycles. The molecule has 0 fully saturated rings. The van der Waals surface area contributed by atoms with Gasteiger partial charge in [0, 0.05) is 12.6 Å². The molecule has 25 heavy (non-hydrogen) atoms. The Kier molecular flexibility index (Phi) is 6.17. The van der Waals surface area contributed by atoms with Crippen LogP contribution >= 0.6 is 0 Å². The Bertz CT molecular complexity index is 754. The van der Waals surface area contributed by atoms with E-state index in [2.05, 4.69) is 5.32 Å². The van der Waals surface area contributed by atoms with Gasteiger partial charge in [0.1, 0.15) is 12.3 Å². The van der Waals surface area contributed by atoms with E-state index in [1.165, 1.54) is 11.8 Å². The van der Waals surface area contributed by atoms with E-state index in [0.717, 1.165) is 29.0 Å². The maximum Gasteiger partial charge on any atom is 0.244 e. The summed E-state index contributed by atoms with van der Waals surface area (Å²) in [5.41, 5.74) is 3.51. The van der Waals surface area contributed by atoms with Crippen LogP contribution in [0.4, 0.5) is 11.4 Å². The summed E-state index contributed by atoms with van der Waals surface area (Å²) in [6.45, 7) is 5.44. The van der Waals surface area contributed by atoms with Crippen LogP contribution in [-0.4, -0.2) is 25.5 Å². The second-order valence-electron chi connectivity index (χ2n) is 5.82. The summed E-state index contributed by atoms with van der Waals surface area (Å²) in [5.74, 6) is 0.315. The summed E-state index contributed by atoms with van der Waals surface area (Å²) < 4.78 is 5.10. The Morgan fingerprint density at radius 3 is 2.36 bits per heavy atom. The van der Waals surface area contributed by atoms with Crippen LogP contribution in [0.2, 0.25) is 0 Å². The molecule has 5 heteroatoms. The average Bonchev–Trinajstić information content (AvgIpc) is 2.60. The van der Waals surface area contributed by atoms with Crippen LogP contribution in [-0.2, 0) is 16.0 Å². The predicted octanol–water partition coefficient (Wildman–Crippen LogP) is 3.56. The molecule has 0 aliphatic rings. The Morgan fingerprint density at radius 1 is 1.12 bits per heavy atom. The largest absolute Gasteiger partial charge is 0.497 e. The van der Waals surface area contributed by atoms with Gasteiger partial charge in [-0.1, -0.05) is 25.1 Å². The molecule has 2 aromatic rings. The zero-order chi connectivity index (χ0) is 18.4. The molecule has 5 nitrogen and oxygen atoms in total. The number of nitrogens with zero attached hydrogens (tertiary/aromatic N) is 1. The molecular weight excluding hydrogens is 316 g/mol. The summed E-state index contributed by atoms with van der Waals surface area (Å²) in [7, 11) is 1.59. The Labute approximate surface area is 148 Å². The number of hydrogen-bond acceptors (Lipinski definition) is 3. The molecule has 0 atom stereocenters. The Hall–Kier alpha value is -2.82. The highest BCUT2D eigenvalue weighted by molar-refractivity contribution is 6.02. The van der Waals surface area contributed by atoms with Crippen LogP contribution in [0.25, 0.3) is 0 Å². The number of aryl methyl sites for hydroxylation is 2. The van der Waals surface area contributed by atoms with Crippen molar-refractivity contribution < 1.29 is 14.3 Å². The molecule has 0 spiro atoms. The minimum absolute atomic E-state index is 0.0286. The molecule has 0 saturated heterocycles. The quantitative estimate of drug-likeness (QED) is 0.875. The first-order valence-corrected chi connectivity index (χ1v) is 8.26. The summed E-state index contributed by atoms with van der Waals surface area (Å²) in [6.07, 6.45) is 0.793. The fourth-order valence-corrected chi connectivity index (χ4v) is 2.76. The van der Waals surface area contributed by atoms with E-state index >= 15 is 0 Å². The fourth-order valence-electron chi connectivity index (χ4n) is 2.76. The van der Waals surface area contributed by atoms with Gasteiger partial charge in [0.05, 0.1) is 12.8 Å². The Balaban J connectivity index is 2.19. The van der Waals surface area contributed by atoms with E-state index in [1.54, 1.807) is 31.4 Å². The minimum Gasteiger partial charge on any atom is -0.497 e. The van der Waals surface area contributed by atoms with E-state index in [-0.39, 0.29) is 18.4 Å². The van der Waals surface area contributed by atoms with Gasteiger partial charge in [-0.25, -0.2) is 0 Å². The first kappa shape index (κ1) is 18.5. The van der Waals surface area contributed by atoms with Crippen molar-refractivity contribution in [2.45, 2.75) is 27.2 Å². The molecule has 0 aliphatic heterocycles. The van der Waals surface area contributed by atoms with Crippen LogP contribution in [0.15, 0.2) is 42.5 Å². The molecule has 1 N–H and O–H groups in total. The zero-order valence-corrected chi connectivity index (χ0v) is 15.1. The maximum atomic E-state index is 12.4. The molecular formula is C20H24N2O3. The molecule has 132 valence electrons. The molecule has 0 unspecified atom stereocenters. The second kappa shape index (κ2) is 8.33. The molecule has 0 aliphatic carbocycles. The third-order valence-electron chi connectivity index (χ3n) is 4.03. The summed E-state index contributed by atoms with van der Waals surface area (Å²) in [4.78, 5) is 26.1. The van der Waals surface area contributed by atoms with Crippen molar-refractivity contribution >= 4 is 23.2 Å². The lowest BCUT2D eigenvalue weighted by molar-refractivity contribution is -0.120. The number of rotatable bonds is 6. The fraction of sp³-hybridized carbons (Fsp3) is 0.300. The minimum atomic E-state index is -0.245. The number of para-hydroxylation sites is 1. The van der Waals surface area contributed by atoms with Gasteiger partial charge in [0.15, 0.2) is 0 Å². The highest BCUT2D eigenvalue weighted by atomic mass is 16.5. The third kappa shape index (κ3) is 4.59. The number of amides is 2. The van der Waals surface area contributed by atoms with Gasteiger partial charge < -0.3 is 15.0 Å². The van der Waals surface area contributed by atoms with Crippen molar-refractivity contribution in [1.29, 1.82) is 0 Å². The van der Waals surface area contributed by atoms with Crippen LogP contribution in [0.3, 0.4) is 0 Å². The number of carbonyl (C=O) groups is 2. The van der Waals surface area contributed by atoms with Crippen molar-refractivity contribution in [2.75, 3.05) is 23.9 Å². The molecule has 2 amide bonds. The van der Waals surface area contributed by atoms with E-state index < -0.39 is 0 Å². The van der Waals surface area contributed by atoms with Gasteiger partial charge in [-0.05, 0) is 48.7 Å². The lowest BCUT2D eigenvalue weighted by Crippen LogP contribution is -2.37. The second-order valence-corrected chi connectivity index (χ2v) is 5.82. The molecule has 0 bridgehead atoms. The summed E-state index contributed by atoms with van der Waals surface area (Å²) in [6, 6.07) is 13.0. The monoisotopic (exact) mass is 340 g/mol. The first-order chi connectivity index (χ1) is 12.0. The van der Waals surface area contributed by atoms with Crippen molar-refractivity contribution in [2.24, 2.45) is 0 Å². The van der Waals surface area contributed by atoms with Crippen molar-refractivity contribution in [1.82, 2.24) is 0 Å². The van der Waals surface area contributed by atoms with E-state index in [0.29, 0.717) is 5.69 Å². The number of ether oxygens (including phenoxy) is 1. The lowest BCUT2D eigenvalue weighted by Gasteiger charge is -2.25. The molecule has 2 rings (SSSR count). The molecule has 2 aromatic carbocycles. The number of anilines is 2. The van der Waals surface area contributed by atoms with Gasteiger partial charge in [0.25, 0.3) is 0 Å². The van der Waals surface area contributed by atoms with Gasteiger partial charge in [0.2, 0.25) is 11.8 Å². The predicted molar refractivity (Wildman–Crippen MR) is 100 cm³/mol. The zero-order valence-electron chi connectivity index (χ0n) is 15.1. The van der Waals surface area contributed by atoms with Crippen LogP contribution in [0.5, 0.6) is 5.75 Å². The topological polar surface area (TPSA) is 58.6 Å². The smallest absolute Gasteiger partial charge is 0.244 e. The highest BCUT2D eigenvalue weighted by Crippen LogP contribution is 2.26. The van der Waals surface area contributed by atoms with E-state index in [4.69, 9.17) is 4.74 Å². The first-order valence-electron chi connectivity index (χ1n) is 8.26. The number of methoxy groups -OCH3 is 1. The van der Waals surface area contributed by atoms with E-state index in [1.807, 2.05) is 32.0 Å². The summed E-state index contributed by atoms with van der Waals surface area (Å²) >= 11 is 0. The number of nitrogens with one attached hydrogen (secondary N) is 1. The van der Waals surface area contributed by atoms with Crippen LogP contribution in [0, 0.1) is 6.92 Å².